The van der Waals surface area contributed by atoms with E-state index in [1.54, 1.807) is 0 Å². The van der Waals surface area contributed by atoms with Crippen LogP contribution in [0.25, 0.3) is 0 Å². The zero-order valence-corrected chi connectivity index (χ0v) is 11.7. The lowest BCUT2D eigenvalue weighted by molar-refractivity contribution is -0.149. The molecule has 1 N–H and O–H groups in total. The molecule has 5 heteroatoms. The Bertz CT molecular complexity index is 319. The van der Waals surface area contributed by atoms with E-state index in [9.17, 15) is 9.59 Å². The number of nitrogens with zero attached hydrogens (tertiary/aromatic N) is 1. The van der Waals surface area contributed by atoms with Crippen LogP contribution in [0.5, 0.6) is 0 Å². The average molecular weight is 268 g/mol. The second kappa shape index (κ2) is 6.78. The first-order valence-electron chi connectivity index (χ1n) is 7.42. The molecule has 1 heterocycles. The summed E-state index contributed by atoms with van der Waals surface area (Å²) in [5.74, 6) is -0.145. The third kappa shape index (κ3) is 3.85. The first kappa shape index (κ1) is 14.2. The number of amides is 2. The van der Waals surface area contributed by atoms with Gasteiger partial charge in [0.15, 0.2) is 0 Å². The van der Waals surface area contributed by atoms with Crippen LogP contribution >= 0.6 is 0 Å². The third-order valence-corrected chi connectivity index (χ3v) is 4.08. The van der Waals surface area contributed by atoms with Crippen molar-refractivity contribution in [3.8, 4) is 0 Å². The van der Waals surface area contributed by atoms with Crippen molar-refractivity contribution in [3.05, 3.63) is 0 Å². The molecule has 108 valence electrons. The summed E-state index contributed by atoms with van der Waals surface area (Å²) in [5, 5.41) is 3.09. The lowest BCUT2D eigenvalue weighted by Crippen LogP contribution is -2.48. The first-order valence-corrected chi connectivity index (χ1v) is 7.42. The fourth-order valence-corrected chi connectivity index (χ4v) is 2.91. The van der Waals surface area contributed by atoms with E-state index in [0.29, 0.717) is 25.7 Å². The molecule has 19 heavy (non-hydrogen) atoms. The molecule has 1 saturated heterocycles. The highest BCUT2D eigenvalue weighted by Gasteiger charge is 2.29. The second-order valence-electron chi connectivity index (χ2n) is 5.44. The van der Waals surface area contributed by atoms with Gasteiger partial charge in [-0.1, -0.05) is 12.8 Å². The maximum Gasteiger partial charge on any atom is 0.317 e. The number of carbonyl (C=O) groups is 2. The standard InChI is InChI=1S/C14H24N2O3/c1-2-19-13(17)11-7-9-16(10-8-11)14(18)15-12-5-3-4-6-12/h11-12H,2-10H2,1H3,(H,15,18). The smallest absolute Gasteiger partial charge is 0.317 e. The van der Waals surface area contributed by atoms with Crippen LogP contribution in [0.3, 0.4) is 0 Å². The normalized spacial score (nSPS) is 21.4. The SMILES string of the molecule is CCOC(=O)C1CCN(C(=O)NC2CCCC2)CC1. The van der Waals surface area contributed by atoms with E-state index in [2.05, 4.69) is 5.32 Å². The number of ether oxygens (including phenoxy) is 1. The third-order valence-electron chi connectivity index (χ3n) is 4.08. The highest BCUT2D eigenvalue weighted by Crippen LogP contribution is 2.21. The summed E-state index contributed by atoms with van der Waals surface area (Å²) < 4.78 is 5.03. The first-order chi connectivity index (χ1) is 9.20. The summed E-state index contributed by atoms with van der Waals surface area (Å²) in [6.07, 6.45) is 6.08. The number of hydrogen-bond donors (Lipinski definition) is 1. The zero-order chi connectivity index (χ0) is 13.7. The monoisotopic (exact) mass is 268 g/mol. The van der Waals surface area contributed by atoms with Gasteiger partial charge in [0, 0.05) is 19.1 Å². The van der Waals surface area contributed by atoms with Gasteiger partial charge in [0.1, 0.15) is 0 Å². The molecule has 2 aliphatic rings. The van der Waals surface area contributed by atoms with Crippen molar-refractivity contribution in [3.63, 3.8) is 0 Å². The molecular weight excluding hydrogens is 244 g/mol. The Labute approximate surface area is 114 Å². The van der Waals surface area contributed by atoms with Crippen LogP contribution in [-0.2, 0) is 9.53 Å². The van der Waals surface area contributed by atoms with E-state index < -0.39 is 0 Å². The molecule has 0 aromatic carbocycles. The number of nitrogens with one attached hydrogen (secondary N) is 1. The van der Waals surface area contributed by atoms with Crippen LogP contribution < -0.4 is 5.32 Å². The minimum atomic E-state index is -0.113. The summed E-state index contributed by atoms with van der Waals surface area (Å²) >= 11 is 0. The minimum Gasteiger partial charge on any atom is -0.466 e. The maximum absolute atomic E-state index is 12.1. The van der Waals surface area contributed by atoms with Gasteiger partial charge in [-0.05, 0) is 32.6 Å². The molecule has 0 atom stereocenters. The molecule has 2 amide bonds. The van der Waals surface area contributed by atoms with E-state index in [1.807, 2.05) is 11.8 Å². The quantitative estimate of drug-likeness (QED) is 0.795. The number of esters is 1. The van der Waals surface area contributed by atoms with Crippen LogP contribution in [0.2, 0.25) is 0 Å². The summed E-state index contributed by atoms with van der Waals surface area (Å²) in [4.78, 5) is 25.5. The minimum absolute atomic E-state index is 0.0320. The fraction of sp³-hybridized carbons (Fsp3) is 0.857. The number of piperidine rings is 1. The van der Waals surface area contributed by atoms with Gasteiger partial charge in [0.05, 0.1) is 12.5 Å². The van der Waals surface area contributed by atoms with Crippen LogP contribution in [0, 0.1) is 5.92 Å². The van der Waals surface area contributed by atoms with E-state index in [1.165, 1.54) is 12.8 Å². The number of likely N-dealkylation sites (tertiary alicyclic amines) is 1. The van der Waals surface area contributed by atoms with Gasteiger partial charge < -0.3 is 15.0 Å². The molecule has 0 aromatic heterocycles. The zero-order valence-electron chi connectivity index (χ0n) is 11.7. The van der Waals surface area contributed by atoms with Crippen LogP contribution in [0.4, 0.5) is 4.79 Å². The Balaban J connectivity index is 1.72. The molecule has 1 aliphatic carbocycles. The Morgan fingerprint density at radius 3 is 2.37 bits per heavy atom. The molecule has 0 aromatic rings. The number of hydrogen-bond acceptors (Lipinski definition) is 3. The molecule has 0 spiro atoms. The number of urea groups is 1. The molecule has 1 aliphatic heterocycles. The Hall–Kier alpha value is -1.26. The van der Waals surface area contributed by atoms with Crippen LogP contribution in [0.15, 0.2) is 0 Å². The Kier molecular flexibility index (Phi) is 5.05. The average Bonchev–Trinajstić information content (AvgIpc) is 2.92. The molecule has 2 fully saturated rings. The predicted molar refractivity (Wildman–Crippen MR) is 71.7 cm³/mol. The van der Waals surface area contributed by atoms with Gasteiger partial charge in [-0.15, -0.1) is 0 Å². The van der Waals surface area contributed by atoms with Crippen molar-refractivity contribution in [1.29, 1.82) is 0 Å². The molecule has 5 nitrogen and oxygen atoms in total. The van der Waals surface area contributed by atoms with Crippen molar-refractivity contribution < 1.29 is 14.3 Å². The van der Waals surface area contributed by atoms with Gasteiger partial charge in [0.25, 0.3) is 0 Å². The molecule has 2 rings (SSSR count). The van der Waals surface area contributed by atoms with Gasteiger partial charge in [-0.2, -0.15) is 0 Å². The summed E-state index contributed by atoms with van der Waals surface area (Å²) in [6.45, 7) is 3.56. The topological polar surface area (TPSA) is 58.6 Å². The van der Waals surface area contributed by atoms with Crippen molar-refractivity contribution in [2.75, 3.05) is 19.7 Å². The molecule has 0 radical (unpaired) electrons. The molecule has 0 bridgehead atoms. The van der Waals surface area contributed by atoms with Crippen molar-refractivity contribution in [2.24, 2.45) is 5.92 Å². The van der Waals surface area contributed by atoms with Gasteiger partial charge in [0.2, 0.25) is 0 Å². The highest BCUT2D eigenvalue weighted by molar-refractivity contribution is 5.76. The van der Waals surface area contributed by atoms with Crippen LogP contribution in [0.1, 0.15) is 45.4 Å². The van der Waals surface area contributed by atoms with Crippen molar-refractivity contribution in [2.45, 2.75) is 51.5 Å². The van der Waals surface area contributed by atoms with Crippen molar-refractivity contribution in [1.82, 2.24) is 10.2 Å². The largest absolute Gasteiger partial charge is 0.466 e. The number of rotatable bonds is 3. The van der Waals surface area contributed by atoms with Gasteiger partial charge >= 0.3 is 12.0 Å². The predicted octanol–water partition coefficient (Wildman–Crippen LogP) is 1.91. The van der Waals surface area contributed by atoms with Gasteiger partial charge in [-0.25, -0.2) is 4.79 Å². The lowest BCUT2D eigenvalue weighted by Gasteiger charge is -2.31. The highest BCUT2D eigenvalue weighted by atomic mass is 16.5. The van der Waals surface area contributed by atoms with E-state index in [-0.39, 0.29) is 17.9 Å². The Morgan fingerprint density at radius 1 is 1.16 bits per heavy atom. The summed E-state index contributed by atoms with van der Waals surface area (Å²) in [5.41, 5.74) is 0. The molecule has 0 unspecified atom stereocenters. The van der Waals surface area contributed by atoms with Crippen LogP contribution in [-0.4, -0.2) is 42.6 Å². The molecular formula is C14H24N2O3. The summed E-state index contributed by atoms with van der Waals surface area (Å²) in [7, 11) is 0. The van der Waals surface area contributed by atoms with Crippen molar-refractivity contribution >= 4 is 12.0 Å². The maximum atomic E-state index is 12.1. The van der Waals surface area contributed by atoms with Gasteiger partial charge in [-0.3, -0.25) is 4.79 Å². The Morgan fingerprint density at radius 2 is 1.79 bits per heavy atom. The van der Waals surface area contributed by atoms with E-state index in [0.717, 1.165) is 25.7 Å². The molecule has 1 saturated carbocycles. The number of carbonyl (C=O) groups excluding carboxylic acids is 2. The van der Waals surface area contributed by atoms with E-state index in [4.69, 9.17) is 4.74 Å². The second-order valence-corrected chi connectivity index (χ2v) is 5.44. The fourth-order valence-electron chi connectivity index (χ4n) is 2.91. The lowest BCUT2D eigenvalue weighted by atomic mass is 9.97. The van der Waals surface area contributed by atoms with E-state index >= 15 is 0 Å². The summed E-state index contributed by atoms with van der Waals surface area (Å²) in [6, 6.07) is 0.393.